The average Bonchev–Trinajstić information content (AvgIpc) is 2.90. The van der Waals surface area contributed by atoms with Crippen molar-refractivity contribution in [3.05, 3.63) is 123 Å². The standard InChI is InChI=1S/C29H21Cl2N3O4S/c1-18-3-2-4-24(15-18)33-29(39)34-32-17-21-9-14-25(37-27(35)19-5-10-22(30)11-6-19)16-26(21)38-28(36)20-7-12-23(31)13-8-20/h2-17H,1H3,(H2,33,34,39)/b32-17-. The quantitative estimate of drug-likeness (QED) is 0.0798. The molecule has 4 rings (SSSR count). The van der Waals surface area contributed by atoms with Gasteiger partial charge in [0.25, 0.3) is 0 Å². The molecule has 0 amide bonds. The van der Waals surface area contributed by atoms with E-state index < -0.39 is 11.9 Å². The predicted octanol–water partition coefficient (Wildman–Crippen LogP) is 7.06. The molecule has 0 bridgehead atoms. The van der Waals surface area contributed by atoms with Crippen LogP contribution in [0.25, 0.3) is 0 Å². The van der Waals surface area contributed by atoms with E-state index in [1.54, 1.807) is 60.7 Å². The summed E-state index contributed by atoms with van der Waals surface area (Å²) in [4.78, 5) is 25.4. The highest BCUT2D eigenvalue weighted by Crippen LogP contribution is 2.26. The number of benzene rings is 4. The van der Waals surface area contributed by atoms with E-state index in [0.717, 1.165) is 11.3 Å². The monoisotopic (exact) mass is 577 g/mol. The Hall–Kier alpha value is -4.24. The number of hydrazone groups is 1. The molecular weight excluding hydrogens is 557 g/mol. The van der Waals surface area contributed by atoms with Gasteiger partial charge in [-0.15, -0.1) is 0 Å². The molecular formula is C29H21Cl2N3O4S. The van der Waals surface area contributed by atoms with Crippen LogP contribution in [0.1, 0.15) is 31.8 Å². The van der Waals surface area contributed by atoms with Crippen LogP contribution < -0.4 is 20.2 Å². The van der Waals surface area contributed by atoms with Crippen molar-refractivity contribution < 1.29 is 19.1 Å². The molecule has 196 valence electrons. The Bertz CT molecular complexity index is 1540. The van der Waals surface area contributed by atoms with Gasteiger partial charge in [0.05, 0.1) is 17.3 Å². The minimum atomic E-state index is -0.632. The number of ether oxygens (including phenoxy) is 2. The van der Waals surface area contributed by atoms with E-state index >= 15 is 0 Å². The molecule has 4 aromatic carbocycles. The van der Waals surface area contributed by atoms with Crippen molar-refractivity contribution in [2.75, 3.05) is 5.32 Å². The predicted molar refractivity (Wildman–Crippen MR) is 157 cm³/mol. The normalized spacial score (nSPS) is 10.6. The summed E-state index contributed by atoms with van der Waals surface area (Å²) in [5.41, 5.74) is 5.64. The van der Waals surface area contributed by atoms with Crippen LogP contribution in [0.4, 0.5) is 5.69 Å². The third kappa shape index (κ3) is 8.12. The first-order valence-electron chi connectivity index (χ1n) is 11.5. The Morgan fingerprint density at radius 2 is 1.44 bits per heavy atom. The Morgan fingerprint density at radius 3 is 2.05 bits per heavy atom. The number of carbonyl (C=O) groups is 2. The lowest BCUT2D eigenvalue weighted by Gasteiger charge is -2.11. The Labute approximate surface area is 240 Å². The lowest BCUT2D eigenvalue weighted by atomic mass is 10.2. The summed E-state index contributed by atoms with van der Waals surface area (Å²) in [6.45, 7) is 1.98. The molecule has 0 fully saturated rings. The molecule has 0 aliphatic carbocycles. The molecule has 0 aliphatic heterocycles. The van der Waals surface area contributed by atoms with Gasteiger partial charge in [-0.1, -0.05) is 35.3 Å². The Morgan fingerprint density at radius 1 is 0.821 bits per heavy atom. The zero-order valence-electron chi connectivity index (χ0n) is 20.5. The second kappa shape index (κ2) is 13.0. The van der Waals surface area contributed by atoms with Crippen molar-refractivity contribution in [3.63, 3.8) is 0 Å². The molecule has 2 N–H and O–H groups in total. The van der Waals surface area contributed by atoms with Crippen LogP contribution in [0.15, 0.2) is 96.1 Å². The molecule has 0 aromatic heterocycles. The molecule has 4 aromatic rings. The zero-order valence-corrected chi connectivity index (χ0v) is 22.8. The number of anilines is 1. The van der Waals surface area contributed by atoms with Crippen LogP contribution in [0.5, 0.6) is 11.5 Å². The minimum Gasteiger partial charge on any atom is -0.423 e. The van der Waals surface area contributed by atoms with Crippen molar-refractivity contribution in [1.29, 1.82) is 0 Å². The summed E-state index contributed by atoms with van der Waals surface area (Å²) < 4.78 is 11.1. The number of nitrogens with zero attached hydrogens (tertiary/aromatic N) is 1. The molecule has 0 aliphatic rings. The van der Waals surface area contributed by atoms with Crippen molar-refractivity contribution in [2.45, 2.75) is 6.92 Å². The second-order valence-electron chi connectivity index (χ2n) is 8.19. The zero-order chi connectivity index (χ0) is 27.8. The van der Waals surface area contributed by atoms with E-state index in [9.17, 15) is 9.59 Å². The van der Waals surface area contributed by atoms with E-state index in [2.05, 4.69) is 15.8 Å². The SMILES string of the molecule is Cc1cccc(NC(=S)N/N=C\c2ccc(OC(=O)c3ccc(Cl)cc3)cc2OC(=O)c2ccc(Cl)cc2)c1. The number of aryl methyl sites for hydroxylation is 1. The van der Waals surface area contributed by atoms with Gasteiger partial charge in [0.2, 0.25) is 0 Å². The van der Waals surface area contributed by atoms with E-state index in [0.29, 0.717) is 21.2 Å². The number of rotatable bonds is 7. The molecule has 0 unspecified atom stereocenters. The second-order valence-corrected chi connectivity index (χ2v) is 9.47. The third-order valence-corrected chi connectivity index (χ3v) is 5.90. The maximum atomic E-state index is 12.8. The lowest BCUT2D eigenvalue weighted by molar-refractivity contribution is 0.0732. The summed E-state index contributed by atoms with van der Waals surface area (Å²) in [5.74, 6) is -0.959. The number of nitrogens with one attached hydrogen (secondary N) is 2. The van der Waals surface area contributed by atoms with Crippen LogP contribution in [0, 0.1) is 6.92 Å². The highest BCUT2D eigenvalue weighted by molar-refractivity contribution is 7.80. The van der Waals surface area contributed by atoms with Gasteiger partial charge in [-0.3, -0.25) is 5.43 Å². The molecule has 0 saturated heterocycles. The van der Waals surface area contributed by atoms with E-state index in [-0.39, 0.29) is 22.2 Å². The summed E-state index contributed by atoms with van der Waals surface area (Å²) in [7, 11) is 0. The van der Waals surface area contributed by atoms with Gasteiger partial charge in [0.1, 0.15) is 11.5 Å². The van der Waals surface area contributed by atoms with Gasteiger partial charge in [-0.25, -0.2) is 9.59 Å². The topological polar surface area (TPSA) is 89.0 Å². The van der Waals surface area contributed by atoms with Crippen LogP contribution in [-0.4, -0.2) is 23.3 Å². The fourth-order valence-corrected chi connectivity index (χ4v) is 3.73. The molecule has 10 heteroatoms. The third-order valence-electron chi connectivity index (χ3n) is 5.20. The highest BCUT2D eigenvalue weighted by atomic mass is 35.5. The fraction of sp³-hybridized carbons (Fsp3) is 0.0345. The smallest absolute Gasteiger partial charge is 0.343 e. The van der Waals surface area contributed by atoms with Crippen molar-refractivity contribution in [2.24, 2.45) is 5.10 Å². The maximum Gasteiger partial charge on any atom is 0.343 e. The number of hydrogen-bond acceptors (Lipinski definition) is 6. The average molecular weight is 578 g/mol. The van der Waals surface area contributed by atoms with Crippen LogP contribution in [0.3, 0.4) is 0 Å². The van der Waals surface area contributed by atoms with Crippen LogP contribution >= 0.6 is 35.4 Å². The first-order chi connectivity index (χ1) is 18.8. The summed E-state index contributed by atoms with van der Waals surface area (Å²) in [6, 6.07) is 24.8. The number of hydrogen-bond donors (Lipinski definition) is 2. The molecule has 0 radical (unpaired) electrons. The fourth-order valence-electron chi connectivity index (χ4n) is 3.31. The van der Waals surface area contributed by atoms with E-state index in [4.69, 9.17) is 44.9 Å². The van der Waals surface area contributed by atoms with Gasteiger partial charge in [-0.05, 0) is 97.5 Å². The molecule has 0 heterocycles. The van der Waals surface area contributed by atoms with E-state index in [1.165, 1.54) is 12.3 Å². The minimum absolute atomic E-state index is 0.111. The maximum absolute atomic E-state index is 12.8. The number of halogens is 2. The van der Waals surface area contributed by atoms with Gasteiger partial charge in [0, 0.05) is 27.4 Å². The molecule has 0 saturated carbocycles. The highest BCUT2D eigenvalue weighted by Gasteiger charge is 2.15. The molecule has 0 spiro atoms. The molecule has 0 atom stereocenters. The number of carbonyl (C=O) groups excluding carboxylic acids is 2. The van der Waals surface area contributed by atoms with Gasteiger partial charge >= 0.3 is 11.9 Å². The van der Waals surface area contributed by atoms with Gasteiger partial charge in [-0.2, -0.15) is 5.10 Å². The van der Waals surface area contributed by atoms with Gasteiger partial charge < -0.3 is 14.8 Å². The first-order valence-corrected chi connectivity index (χ1v) is 12.7. The van der Waals surface area contributed by atoms with Crippen molar-refractivity contribution in [3.8, 4) is 11.5 Å². The largest absolute Gasteiger partial charge is 0.423 e. The Balaban J connectivity index is 1.52. The lowest BCUT2D eigenvalue weighted by Crippen LogP contribution is -2.23. The molecule has 7 nitrogen and oxygen atoms in total. The van der Waals surface area contributed by atoms with Crippen molar-refractivity contribution in [1.82, 2.24) is 5.43 Å². The van der Waals surface area contributed by atoms with Crippen molar-refractivity contribution >= 4 is 64.4 Å². The first kappa shape index (κ1) is 27.8. The number of thiocarbonyl (C=S) groups is 1. The number of esters is 2. The Kier molecular flexibility index (Phi) is 9.27. The summed E-state index contributed by atoms with van der Waals surface area (Å²) >= 11 is 17.1. The van der Waals surface area contributed by atoms with Crippen LogP contribution in [-0.2, 0) is 0 Å². The summed E-state index contributed by atoms with van der Waals surface area (Å²) in [6.07, 6.45) is 1.43. The van der Waals surface area contributed by atoms with Crippen LogP contribution in [0.2, 0.25) is 10.0 Å². The summed E-state index contributed by atoms with van der Waals surface area (Å²) in [5, 5.41) is 8.43. The molecule has 39 heavy (non-hydrogen) atoms. The van der Waals surface area contributed by atoms with Gasteiger partial charge in [0.15, 0.2) is 5.11 Å². The van der Waals surface area contributed by atoms with E-state index in [1.807, 2.05) is 31.2 Å².